The van der Waals surface area contributed by atoms with Crippen LogP contribution in [0.15, 0.2) is 66.9 Å². The van der Waals surface area contributed by atoms with E-state index in [-0.39, 0.29) is 12.0 Å². The van der Waals surface area contributed by atoms with Crippen molar-refractivity contribution in [1.82, 2.24) is 4.57 Å². The molecule has 0 amide bonds. The molecule has 8 heteroatoms. The molecular weight excluding hydrogens is 429 g/mol. The van der Waals surface area contributed by atoms with Crippen LogP contribution >= 0.6 is 0 Å². The summed E-state index contributed by atoms with van der Waals surface area (Å²) in [4.78, 5) is 22.1. The highest BCUT2D eigenvalue weighted by molar-refractivity contribution is 6.21. The topological polar surface area (TPSA) is 76.0 Å². The number of hydrogen-bond acceptors (Lipinski definition) is 6. The molecule has 4 aromatic rings. The number of esters is 1. The Morgan fingerprint density at radius 1 is 0.939 bits per heavy atom. The zero-order chi connectivity index (χ0) is 23.4. The van der Waals surface area contributed by atoms with Crippen molar-refractivity contribution < 1.29 is 32.9 Å². The lowest BCUT2D eigenvalue weighted by atomic mass is 10.2. The van der Waals surface area contributed by atoms with Gasteiger partial charge >= 0.3 is 5.97 Å². The van der Waals surface area contributed by atoms with Crippen molar-refractivity contribution in [1.29, 1.82) is 0 Å². The maximum atomic E-state index is 13.8. The van der Waals surface area contributed by atoms with Crippen molar-refractivity contribution in [2.45, 2.75) is 6.61 Å². The van der Waals surface area contributed by atoms with Crippen molar-refractivity contribution in [3.63, 3.8) is 0 Å². The number of nitrogens with zero attached hydrogens (tertiary/aromatic N) is 1. The summed E-state index contributed by atoms with van der Waals surface area (Å²) in [6, 6.07) is 16.9. The van der Waals surface area contributed by atoms with Gasteiger partial charge in [-0.1, -0.05) is 0 Å². The molecular formula is C25H20FNO6. The van der Waals surface area contributed by atoms with Crippen molar-refractivity contribution in [3.8, 4) is 28.7 Å². The van der Waals surface area contributed by atoms with Gasteiger partial charge in [-0.15, -0.1) is 0 Å². The zero-order valence-corrected chi connectivity index (χ0v) is 17.9. The number of halogens is 1. The maximum Gasteiger partial charge on any atom is 0.376 e. The van der Waals surface area contributed by atoms with Crippen LogP contribution in [-0.4, -0.2) is 31.0 Å². The van der Waals surface area contributed by atoms with Crippen molar-refractivity contribution in [2.75, 3.05) is 14.2 Å². The van der Waals surface area contributed by atoms with Crippen LogP contribution in [0.25, 0.3) is 16.6 Å². The fourth-order valence-corrected chi connectivity index (χ4v) is 3.42. The molecule has 0 aliphatic rings. The Hall–Kier alpha value is -4.33. The summed E-state index contributed by atoms with van der Waals surface area (Å²) in [5, 5.41) is 0.373. The van der Waals surface area contributed by atoms with Gasteiger partial charge in [0, 0.05) is 17.1 Å². The minimum atomic E-state index is -1.06. The van der Waals surface area contributed by atoms with Crippen molar-refractivity contribution in [3.05, 3.63) is 78.2 Å². The summed E-state index contributed by atoms with van der Waals surface area (Å²) in [6.45, 7) is 0.310. The van der Waals surface area contributed by atoms with Gasteiger partial charge in [0.25, 0.3) is 0 Å². The highest BCUT2D eigenvalue weighted by atomic mass is 19.1. The SMILES string of the molecule is COc1cc(COc2ccc(-n3cc(OC(=O)C=O)c4cc(F)ccc43)cc2)cc(OC)c1. The van der Waals surface area contributed by atoms with E-state index in [9.17, 15) is 14.0 Å². The molecule has 4 rings (SSSR count). The first-order chi connectivity index (χ1) is 16.0. The summed E-state index contributed by atoms with van der Waals surface area (Å²) in [5.74, 6) is 0.526. The van der Waals surface area contributed by atoms with Gasteiger partial charge in [-0.05, 0) is 60.2 Å². The molecule has 33 heavy (non-hydrogen) atoms. The fraction of sp³-hybridized carbons (Fsp3) is 0.120. The third-order valence-corrected chi connectivity index (χ3v) is 4.97. The average molecular weight is 449 g/mol. The molecule has 0 N–H and O–H groups in total. The number of aldehydes is 1. The number of carbonyl (C=O) groups excluding carboxylic acids is 2. The van der Waals surface area contributed by atoms with Crippen LogP contribution in [0.4, 0.5) is 4.39 Å². The molecule has 0 saturated heterocycles. The largest absolute Gasteiger partial charge is 0.497 e. The Kier molecular flexibility index (Phi) is 6.26. The minimum Gasteiger partial charge on any atom is -0.497 e. The van der Waals surface area contributed by atoms with Crippen LogP contribution in [0.1, 0.15) is 5.56 Å². The van der Waals surface area contributed by atoms with Crippen LogP contribution in [0.2, 0.25) is 0 Å². The van der Waals surface area contributed by atoms with E-state index >= 15 is 0 Å². The van der Waals surface area contributed by atoms with Gasteiger partial charge in [-0.3, -0.25) is 4.79 Å². The number of benzene rings is 3. The van der Waals surface area contributed by atoms with E-state index in [4.69, 9.17) is 18.9 Å². The van der Waals surface area contributed by atoms with Gasteiger partial charge in [-0.2, -0.15) is 0 Å². The van der Waals surface area contributed by atoms with E-state index in [1.54, 1.807) is 43.1 Å². The molecule has 0 aliphatic heterocycles. The number of hydrogen-bond donors (Lipinski definition) is 0. The van der Waals surface area contributed by atoms with Gasteiger partial charge in [0.2, 0.25) is 6.29 Å². The molecule has 0 spiro atoms. The lowest BCUT2D eigenvalue weighted by molar-refractivity contribution is -0.141. The summed E-state index contributed by atoms with van der Waals surface area (Å²) in [7, 11) is 3.17. The van der Waals surface area contributed by atoms with E-state index in [1.807, 2.05) is 24.3 Å². The second-order valence-corrected chi connectivity index (χ2v) is 7.07. The van der Waals surface area contributed by atoms with Gasteiger partial charge in [0.15, 0.2) is 5.75 Å². The first kappa shape index (κ1) is 21.9. The predicted molar refractivity (Wildman–Crippen MR) is 119 cm³/mol. The Balaban J connectivity index is 1.57. The molecule has 1 heterocycles. The summed E-state index contributed by atoms with van der Waals surface area (Å²) in [6.07, 6.45) is 1.59. The number of methoxy groups -OCH3 is 2. The van der Waals surface area contributed by atoms with Crippen LogP contribution < -0.4 is 18.9 Å². The van der Waals surface area contributed by atoms with Gasteiger partial charge in [0.05, 0.1) is 25.9 Å². The normalized spacial score (nSPS) is 10.6. The molecule has 0 aliphatic carbocycles. The lowest BCUT2D eigenvalue weighted by Gasteiger charge is -2.11. The number of fused-ring (bicyclic) bond motifs is 1. The number of carbonyl (C=O) groups is 2. The quantitative estimate of drug-likeness (QED) is 0.224. The molecule has 1 aromatic heterocycles. The highest BCUT2D eigenvalue weighted by Gasteiger charge is 2.15. The number of ether oxygens (including phenoxy) is 4. The Labute approximate surface area is 188 Å². The maximum absolute atomic E-state index is 13.8. The van der Waals surface area contributed by atoms with Crippen LogP contribution in [-0.2, 0) is 16.2 Å². The molecule has 0 bridgehead atoms. The second kappa shape index (κ2) is 9.44. The number of rotatable bonds is 8. The number of aromatic nitrogens is 1. The predicted octanol–water partition coefficient (Wildman–Crippen LogP) is 4.47. The molecule has 168 valence electrons. The monoisotopic (exact) mass is 449 g/mol. The first-order valence-corrected chi connectivity index (χ1v) is 9.93. The van der Waals surface area contributed by atoms with E-state index in [2.05, 4.69) is 0 Å². The van der Waals surface area contributed by atoms with Gasteiger partial charge in [0.1, 0.15) is 29.7 Å². The Morgan fingerprint density at radius 3 is 2.27 bits per heavy atom. The van der Waals surface area contributed by atoms with E-state index in [0.29, 0.717) is 34.8 Å². The fourth-order valence-electron chi connectivity index (χ4n) is 3.42. The van der Waals surface area contributed by atoms with Gasteiger partial charge in [-0.25, -0.2) is 9.18 Å². The Bertz CT molecular complexity index is 1290. The molecule has 0 unspecified atom stereocenters. The Morgan fingerprint density at radius 2 is 1.64 bits per heavy atom. The lowest BCUT2D eigenvalue weighted by Crippen LogP contribution is -2.08. The third kappa shape index (κ3) is 4.79. The van der Waals surface area contributed by atoms with E-state index in [0.717, 1.165) is 11.3 Å². The smallest absolute Gasteiger partial charge is 0.376 e. The summed E-state index contributed by atoms with van der Waals surface area (Å²) < 4.78 is 37.0. The van der Waals surface area contributed by atoms with E-state index in [1.165, 1.54) is 18.3 Å². The first-order valence-electron chi connectivity index (χ1n) is 9.93. The molecule has 7 nitrogen and oxygen atoms in total. The van der Waals surface area contributed by atoms with Crippen LogP contribution in [0, 0.1) is 5.82 Å². The molecule has 0 fully saturated rings. The summed E-state index contributed by atoms with van der Waals surface area (Å²) in [5.41, 5.74) is 2.23. The minimum absolute atomic E-state index is 0.0620. The van der Waals surface area contributed by atoms with Crippen LogP contribution in [0.3, 0.4) is 0 Å². The van der Waals surface area contributed by atoms with Gasteiger partial charge < -0.3 is 23.5 Å². The standard InChI is InChI=1S/C25H20FNO6/c1-30-20-9-16(10-21(12-20)31-2)15-32-19-6-4-18(5-7-19)27-13-24(33-25(29)14-28)22-11-17(26)3-8-23(22)27/h3-14H,15H2,1-2H3. The third-order valence-electron chi connectivity index (χ3n) is 4.97. The van der Waals surface area contributed by atoms with E-state index < -0.39 is 11.8 Å². The van der Waals surface area contributed by atoms with Crippen molar-refractivity contribution >= 4 is 23.2 Å². The molecule has 0 saturated carbocycles. The molecule has 0 radical (unpaired) electrons. The second-order valence-electron chi connectivity index (χ2n) is 7.07. The highest BCUT2D eigenvalue weighted by Crippen LogP contribution is 2.32. The average Bonchev–Trinajstić information content (AvgIpc) is 3.19. The summed E-state index contributed by atoms with van der Waals surface area (Å²) >= 11 is 0. The molecule has 3 aromatic carbocycles. The molecule has 0 atom stereocenters. The van der Waals surface area contributed by atoms with Crippen LogP contribution in [0.5, 0.6) is 23.0 Å². The van der Waals surface area contributed by atoms with Crippen molar-refractivity contribution in [2.24, 2.45) is 0 Å². The zero-order valence-electron chi connectivity index (χ0n) is 17.9.